The van der Waals surface area contributed by atoms with Gasteiger partial charge in [0, 0.05) is 19.1 Å². The van der Waals surface area contributed by atoms with Gasteiger partial charge in [-0.05, 0) is 36.4 Å². The summed E-state index contributed by atoms with van der Waals surface area (Å²) in [5.74, 6) is 0.578. The molecule has 1 saturated heterocycles. The minimum absolute atomic E-state index is 0. The molecule has 1 aliphatic rings. The van der Waals surface area contributed by atoms with Crippen LogP contribution in [0.4, 0.5) is 0 Å². The van der Waals surface area contributed by atoms with E-state index in [1.807, 2.05) is 18.2 Å². The van der Waals surface area contributed by atoms with E-state index in [1.54, 1.807) is 0 Å². The van der Waals surface area contributed by atoms with Gasteiger partial charge in [-0.15, -0.1) is 12.4 Å². The summed E-state index contributed by atoms with van der Waals surface area (Å²) in [4.78, 5) is 2.34. The van der Waals surface area contributed by atoms with Gasteiger partial charge in [0.05, 0.1) is 6.10 Å². The third-order valence-corrected chi connectivity index (χ3v) is 4.80. The molecule has 0 saturated carbocycles. The molecule has 0 radical (unpaired) electrons. The quantitative estimate of drug-likeness (QED) is 0.845. The molecule has 4 heteroatoms. The second-order valence-electron chi connectivity index (χ2n) is 6.58. The number of β-amino-alcohol motifs (C(OH)–C–C–N with tert-alkyl or cyclic N) is 1. The summed E-state index contributed by atoms with van der Waals surface area (Å²) in [5, 5.41) is 10.4. The fraction of sp³-hybridized carbons (Fsp3) is 0.400. The normalized spacial score (nSPS) is 20.3. The third-order valence-electron chi connectivity index (χ3n) is 4.80. The lowest BCUT2D eigenvalue weighted by Crippen LogP contribution is -2.44. The lowest BCUT2D eigenvalue weighted by molar-refractivity contribution is 0.101. The molecule has 24 heavy (non-hydrogen) atoms. The van der Waals surface area contributed by atoms with Crippen LogP contribution in [0.1, 0.15) is 23.5 Å². The fourth-order valence-corrected chi connectivity index (χ4v) is 3.42. The molecule has 3 nitrogen and oxygen atoms in total. The maximum absolute atomic E-state index is 10.4. The number of aliphatic hydroxyl groups is 1. The van der Waals surface area contributed by atoms with Crippen molar-refractivity contribution in [3.8, 4) is 0 Å². The Kier molecular flexibility index (Phi) is 7.25. The topological polar surface area (TPSA) is 49.5 Å². The zero-order valence-electron chi connectivity index (χ0n) is 13.9. The average molecular weight is 347 g/mol. The number of benzene rings is 2. The van der Waals surface area contributed by atoms with E-state index >= 15 is 0 Å². The minimum Gasteiger partial charge on any atom is -0.390 e. The molecule has 3 atom stereocenters. The van der Waals surface area contributed by atoms with E-state index in [2.05, 4.69) is 47.4 Å². The van der Waals surface area contributed by atoms with Crippen molar-refractivity contribution in [2.75, 3.05) is 19.6 Å². The molecule has 1 aliphatic heterocycles. The number of likely N-dealkylation sites (tertiary alicyclic amines) is 1. The molecule has 1 unspecified atom stereocenters. The van der Waals surface area contributed by atoms with E-state index in [1.165, 1.54) is 11.1 Å². The Labute approximate surface area is 150 Å². The number of rotatable bonds is 6. The van der Waals surface area contributed by atoms with E-state index in [-0.39, 0.29) is 18.4 Å². The lowest BCUT2D eigenvalue weighted by Gasteiger charge is -2.24. The van der Waals surface area contributed by atoms with Crippen molar-refractivity contribution in [2.24, 2.45) is 5.73 Å². The van der Waals surface area contributed by atoms with Gasteiger partial charge in [0.25, 0.3) is 0 Å². The largest absolute Gasteiger partial charge is 0.390 e. The van der Waals surface area contributed by atoms with Gasteiger partial charge in [0.1, 0.15) is 0 Å². The van der Waals surface area contributed by atoms with Crippen LogP contribution in [0, 0.1) is 0 Å². The van der Waals surface area contributed by atoms with E-state index in [0.29, 0.717) is 12.5 Å². The van der Waals surface area contributed by atoms with Crippen molar-refractivity contribution in [1.82, 2.24) is 4.90 Å². The highest BCUT2D eigenvalue weighted by Gasteiger charge is 2.26. The van der Waals surface area contributed by atoms with Crippen molar-refractivity contribution >= 4 is 12.4 Å². The van der Waals surface area contributed by atoms with Crippen molar-refractivity contribution in [2.45, 2.75) is 30.9 Å². The van der Waals surface area contributed by atoms with Gasteiger partial charge in [-0.25, -0.2) is 0 Å². The van der Waals surface area contributed by atoms with Crippen molar-refractivity contribution < 1.29 is 5.11 Å². The van der Waals surface area contributed by atoms with Gasteiger partial charge in [0.2, 0.25) is 0 Å². The molecule has 3 N–H and O–H groups in total. The second kappa shape index (κ2) is 9.19. The van der Waals surface area contributed by atoms with Crippen LogP contribution in [0.5, 0.6) is 0 Å². The van der Waals surface area contributed by atoms with Crippen LogP contribution in [0.3, 0.4) is 0 Å². The molecular formula is C20H27ClN2O. The van der Waals surface area contributed by atoms with E-state index in [4.69, 9.17) is 5.73 Å². The van der Waals surface area contributed by atoms with Gasteiger partial charge in [-0.3, -0.25) is 0 Å². The lowest BCUT2D eigenvalue weighted by atomic mass is 9.99. The number of halogens is 1. The SMILES string of the molecule is Cl.N[C@H](Cc1ccccc1)[C@@H](O)CN1CCC(c2ccccc2)C1. The first kappa shape index (κ1) is 18.9. The Morgan fingerprint density at radius 3 is 2.33 bits per heavy atom. The second-order valence-corrected chi connectivity index (χ2v) is 6.58. The van der Waals surface area contributed by atoms with Crippen LogP contribution >= 0.6 is 12.4 Å². The molecule has 3 rings (SSSR count). The van der Waals surface area contributed by atoms with Gasteiger partial charge >= 0.3 is 0 Å². The zero-order valence-corrected chi connectivity index (χ0v) is 14.7. The van der Waals surface area contributed by atoms with Crippen LogP contribution in [0.15, 0.2) is 60.7 Å². The first-order chi connectivity index (χ1) is 11.2. The third kappa shape index (κ3) is 5.05. The number of nitrogens with two attached hydrogens (primary N) is 1. The summed E-state index contributed by atoms with van der Waals surface area (Å²) in [6, 6.07) is 20.6. The van der Waals surface area contributed by atoms with E-state index in [0.717, 1.165) is 25.9 Å². The molecule has 1 heterocycles. The number of hydrogen-bond acceptors (Lipinski definition) is 3. The van der Waals surface area contributed by atoms with Gasteiger partial charge in [0.15, 0.2) is 0 Å². The minimum atomic E-state index is -0.482. The maximum Gasteiger partial charge on any atom is 0.0820 e. The Morgan fingerprint density at radius 1 is 1.04 bits per heavy atom. The first-order valence-corrected chi connectivity index (χ1v) is 8.47. The Balaban J connectivity index is 0.00000208. The van der Waals surface area contributed by atoms with Crippen molar-refractivity contribution in [3.63, 3.8) is 0 Å². The highest BCUT2D eigenvalue weighted by atomic mass is 35.5. The van der Waals surface area contributed by atoms with E-state index in [9.17, 15) is 5.11 Å². The van der Waals surface area contributed by atoms with Crippen LogP contribution in [-0.2, 0) is 6.42 Å². The Hall–Kier alpha value is -1.39. The van der Waals surface area contributed by atoms with Crippen LogP contribution in [-0.4, -0.2) is 41.8 Å². The monoisotopic (exact) mass is 346 g/mol. The number of aliphatic hydroxyl groups excluding tert-OH is 1. The summed E-state index contributed by atoms with van der Waals surface area (Å²) < 4.78 is 0. The van der Waals surface area contributed by atoms with E-state index < -0.39 is 6.10 Å². The summed E-state index contributed by atoms with van der Waals surface area (Å²) in [5.41, 5.74) is 8.78. The molecule has 0 bridgehead atoms. The summed E-state index contributed by atoms with van der Waals surface area (Å²) in [6.45, 7) is 2.71. The predicted molar refractivity (Wildman–Crippen MR) is 102 cm³/mol. The molecule has 1 fully saturated rings. The molecular weight excluding hydrogens is 320 g/mol. The molecule has 0 spiro atoms. The highest BCUT2D eigenvalue weighted by molar-refractivity contribution is 5.85. The standard InChI is InChI=1S/C20H26N2O.ClH/c21-19(13-16-7-3-1-4-8-16)20(23)15-22-12-11-18(14-22)17-9-5-2-6-10-17;/h1-10,18-20,23H,11-15,21H2;1H/t18?,19-,20+;/m1./s1. The van der Waals surface area contributed by atoms with Crippen LogP contribution < -0.4 is 5.73 Å². The highest BCUT2D eigenvalue weighted by Crippen LogP contribution is 2.27. The average Bonchev–Trinajstić information content (AvgIpc) is 3.05. The summed E-state index contributed by atoms with van der Waals surface area (Å²) in [7, 11) is 0. The molecule has 130 valence electrons. The molecule has 0 amide bonds. The Morgan fingerprint density at radius 2 is 1.67 bits per heavy atom. The Bertz CT molecular complexity index is 593. The van der Waals surface area contributed by atoms with Gasteiger partial charge in [-0.2, -0.15) is 0 Å². The predicted octanol–water partition coefficient (Wildman–Crippen LogP) is 2.83. The maximum atomic E-state index is 10.4. The number of hydrogen-bond donors (Lipinski definition) is 2. The fourth-order valence-electron chi connectivity index (χ4n) is 3.42. The van der Waals surface area contributed by atoms with Crippen LogP contribution in [0.2, 0.25) is 0 Å². The number of nitrogens with zero attached hydrogens (tertiary/aromatic N) is 1. The summed E-state index contributed by atoms with van der Waals surface area (Å²) >= 11 is 0. The van der Waals surface area contributed by atoms with Gasteiger partial charge in [-0.1, -0.05) is 60.7 Å². The van der Waals surface area contributed by atoms with Crippen molar-refractivity contribution in [1.29, 1.82) is 0 Å². The van der Waals surface area contributed by atoms with Crippen molar-refractivity contribution in [3.05, 3.63) is 71.8 Å². The zero-order chi connectivity index (χ0) is 16.1. The first-order valence-electron chi connectivity index (χ1n) is 8.47. The molecule has 0 aliphatic carbocycles. The molecule has 2 aromatic carbocycles. The molecule has 2 aromatic rings. The summed E-state index contributed by atoms with van der Waals surface area (Å²) in [6.07, 6.45) is 1.40. The van der Waals surface area contributed by atoms with Gasteiger partial charge < -0.3 is 15.7 Å². The van der Waals surface area contributed by atoms with Crippen LogP contribution in [0.25, 0.3) is 0 Å². The smallest absolute Gasteiger partial charge is 0.0820 e. The molecule has 0 aromatic heterocycles.